The van der Waals surface area contributed by atoms with Crippen LogP contribution in [0.4, 0.5) is 13.2 Å². The van der Waals surface area contributed by atoms with Crippen LogP contribution in [0.5, 0.6) is 0 Å². The number of piperidine rings is 1. The first-order valence-electron chi connectivity index (χ1n) is 7.87. The summed E-state index contributed by atoms with van der Waals surface area (Å²) < 4.78 is 38.4. The molecule has 1 saturated heterocycles. The van der Waals surface area contributed by atoms with Crippen molar-refractivity contribution in [2.75, 3.05) is 27.2 Å². The summed E-state index contributed by atoms with van der Waals surface area (Å²) in [5.74, 6) is -0.398. The van der Waals surface area contributed by atoms with Gasteiger partial charge in [-0.2, -0.15) is 13.2 Å². The molecule has 0 aliphatic carbocycles. The Labute approximate surface area is 138 Å². The van der Waals surface area contributed by atoms with Crippen LogP contribution >= 0.6 is 0 Å². The van der Waals surface area contributed by atoms with Crippen molar-refractivity contribution in [1.29, 1.82) is 0 Å². The number of likely N-dealkylation sites (tertiary alicyclic amines) is 1. The van der Waals surface area contributed by atoms with E-state index in [9.17, 15) is 23.1 Å². The molecule has 0 bridgehead atoms. The Kier molecular flexibility index (Phi) is 5.87. The lowest BCUT2D eigenvalue weighted by Crippen LogP contribution is -2.44. The zero-order valence-electron chi connectivity index (χ0n) is 13.8. The summed E-state index contributed by atoms with van der Waals surface area (Å²) in [6, 6.07) is 0.421. The zero-order valence-corrected chi connectivity index (χ0v) is 13.8. The van der Waals surface area contributed by atoms with Crippen molar-refractivity contribution in [3.8, 4) is 0 Å². The molecule has 0 saturated carbocycles. The van der Waals surface area contributed by atoms with Gasteiger partial charge in [-0.3, -0.25) is 4.79 Å². The van der Waals surface area contributed by atoms with Crippen LogP contribution in [-0.2, 0) is 11.3 Å². The lowest BCUT2D eigenvalue weighted by Gasteiger charge is -2.35. The molecule has 1 atom stereocenters. The van der Waals surface area contributed by atoms with E-state index >= 15 is 0 Å². The van der Waals surface area contributed by atoms with Crippen LogP contribution in [0, 0.1) is 0 Å². The smallest absolute Gasteiger partial charge is 0.385 e. The first-order chi connectivity index (χ1) is 11.2. The van der Waals surface area contributed by atoms with Gasteiger partial charge in [-0.25, -0.2) is 4.98 Å². The number of nitrogens with zero attached hydrogens (tertiary/aromatic N) is 4. The van der Waals surface area contributed by atoms with E-state index in [2.05, 4.69) is 9.88 Å². The number of carbonyl (C=O) groups is 1. The highest BCUT2D eigenvalue weighted by Gasteiger charge is 2.31. The van der Waals surface area contributed by atoms with Gasteiger partial charge in [0.15, 0.2) is 0 Å². The molecule has 6 nitrogen and oxygen atoms in total. The van der Waals surface area contributed by atoms with Crippen LogP contribution in [0.15, 0.2) is 12.4 Å². The molecule has 0 spiro atoms. The Morgan fingerprint density at radius 2 is 2.04 bits per heavy atom. The van der Waals surface area contributed by atoms with Gasteiger partial charge in [0.05, 0.1) is 6.42 Å². The van der Waals surface area contributed by atoms with Crippen molar-refractivity contribution >= 4 is 5.91 Å². The first kappa shape index (κ1) is 18.7. The Morgan fingerprint density at radius 3 is 2.58 bits per heavy atom. The van der Waals surface area contributed by atoms with Crippen LogP contribution in [0.25, 0.3) is 0 Å². The largest absolute Gasteiger partial charge is 0.406 e. The molecule has 2 rings (SSSR count). The van der Waals surface area contributed by atoms with Crippen LogP contribution in [0.3, 0.4) is 0 Å². The average Bonchev–Trinajstić information content (AvgIpc) is 2.93. The molecule has 1 aliphatic rings. The van der Waals surface area contributed by atoms with Crippen LogP contribution in [-0.4, -0.2) is 69.8 Å². The second-order valence-electron chi connectivity index (χ2n) is 6.32. The third-order valence-corrected chi connectivity index (χ3v) is 4.31. The highest BCUT2D eigenvalue weighted by molar-refractivity contribution is 5.76. The van der Waals surface area contributed by atoms with E-state index in [0.29, 0.717) is 19.1 Å². The van der Waals surface area contributed by atoms with Crippen molar-refractivity contribution in [1.82, 2.24) is 19.4 Å². The fourth-order valence-corrected chi connectivity index (χ4v) is 2.96. The number of aliphatic hydroxyl groups is 1. The maximum Gasteiger partial charge on any atom is 0.406 e. The van der Waals surface area contributed by atoms with Gasteiger partial charge in [0.2, 0.25) is 5.91 Å². The molecule has 1 amide bonds. The van der Waals surface area contributed by atoms with Gasteiger partial charge < -0.3 is 19.5 Å². The van der Waals surface area contributed by atoms with Crippen LogP contribution in [0.1, 0.15) is 31.2 Å². The van der Waals surface area contributed by atoms with Gasteiger partial charge >= 0.3 is 6.18 Å². The zero-order chi connectivity index (χ0) is 17.9. The second-order valence-corrected chi connectivity index (χ2v) is 6.32. The quantitative estimate of drug-likeness (QED) is 0.874. The van der Waals surface area contributed by atoms with E-state index in [1.165, 1.54) is 6.20 Å². The van der Waals surface area contributed by atoms with Gasteiger partial charge in [0, 0.05) is 31.5 Å². The van der Waals surface area contributed by atoms with Crippen molar-refractivity contribution in [3.63, 3.8) is 0 Å². The molecular formula is C15H23F3N4O2. The summed E-state index contributed by atoms with van der Waals surface area (Å²) in [6.45, 7) is -0.0569. The van der Waals surface area contributed by atoms with Gasteiger partial charge in [-0.15, -0.1) is 0 Å². The minimum atomic E-state index is -4.41. The highest BCUT2D eigenvalue weighted by Crippen LogP contribution is 2.23. The van der Waals surface area contributed by atoms with Crippen molar-refractivity contribution in [2.45, 2.75) is 44.1 Å². The molecule has 1 fully saturated rings. The molecule has 1 aliphatic heterocycles. The van der Waals surface area contributed by atoms with E-state index in [4.69, 9.17) is 0 Å². The Bertz CT molecular complexity index is 551. The highest BCUT2D eigenvalue weighted by atomic mass is 19.4. The lowest BCUT2D eigenvalue weighted by molar-refractivity contribution is -0.141. The topological polar surface area (TPSA) is 61.6 Å². The fraction of sp³-hybridized carbons (Fsp3) is 0.733. The predicted octanol–water partition coefficient (Wildman–Crippen LogP) is 1.42. The van der Waals surface area contributed by atoms with Crippen molar-refractivity contribution in [2.24, 2.45) is 0 Å². The second kappa shape index (κ2) is 7.52. The number of hydrogen-bond donors (Lipinski definition) is 1. The van der Waals surface area contributed by atoms with Gasteiger partial charge in [0.1, 0.15) is 18.5 Å². The van der Waals surface area contributed by atoms with Gasteiger partial charge in [-0.1, -0.05) is 0 Å². The van der Waals surface area contributed by atoms with E-state index in [-0.39, 0.29) is 18.2 Å². The maximum atomic E-state index is 12.5. The Hall–Kier alpha value is -1.61. The fourth-order valence-electron chi connectivity index (χ4n) is 2.96. The third kappa shape index (κ3) is 4.94. The maximum absolute atomic E-state index is 12.5. The first-order valence-corrected chi connectivity index (χ1v) is 7.87. The summed E-state index contributed by atoms with van der Waals surface area (Å²) in [4.78, 5) is 19.8. The molecule has 1 N–H and O–H groups in total. The lowest BCUT2D eigenvalue weighted by atomic mass is 10.0. The van der Waals surface area contributed by atoms with Crippen molar-refractivity contribution in [3.05, 3.63) is 18.2 Å². The van der Waals surface area contributed by atoms with Crippen molar-refractivity contribution < 1.29 is 23.1 Å². The van der Waals surface area contributed by atoms with Gasteiger partial charge in [0.25, 0.3) is 0 Å². The summed E-state index contributed by atoms with van der Waals surface area (Å²) in [5, 5.41) is 10.1. The molecule has 136 valence electrons. The number of aromatic nitrogens is 2. The number of aliphatic hydroxyl groups excluding tert-OH is 1. The summed E-state index contributed by atoms with van der Waals surface area (Å²) >= 11 is 0. The van der Waals surface area contributed by atoms with E-state index in [1.807, 2.05) is 14.1 Å². The number of alkyl halides is 3. The standard InChI is InChI=1S/C15H23F3N4O2/c1-20(2)11-3-6-21(7-4-11)13(24)9-12(23)14-19-5-8-22(14)10-15(16,17)18/h5,8,11-12,23H,3-4,6-7,9-10H2,1-2H3. The minimum Gasteiger partial charge on any atom is -0.385 e. The van der Waals surface area contributed by atoms with E-state index in [1.54, 1.807) is 4.90 Å². The Morgan fingerprint density at radius 1 is 1.42 bits per heavy atom. The molecule has 1 unspecified atom stereocenters. The van der Waals surface area contributed by atoms with E-state index in [0.717, 1.165) is 23.6 Å². The number of rotatable bonds is 5. The number of halogens is 3. The van der Waals surface area contributed by atoms with Crippen LogP contribution < -0.4 is 0 Å². The molecule has 2 heterocycles. The SMILES string of the molecule is CN(C)C1CCN(C(=O)CC(O)c2nccn2CC(F)(F)F)CC1. The summed E-state index contributed by atoms with van der Waals surface area (Å²) in [7, 11) is 3.98. The number of carbonyl (C=O) groups excluding carboxylic acids is 1. The number of imidazole rings is 1. The molecule has 0 radical (unpaired) electrons. The molecule has 1 aromatic rings. The molecule has 9 heteroatoms. The number of amides is 1. The Balaban J connectivity index is 1.92. The third-order valence-electron chi connectivity index (χ3n) is 4.31. The molecule has 1 aromatic heterocycles. The summed E-state index contributed by atoms with van der Waals surface area (Å²) in [5.41, 5.74) is 0. The van der Waals surface area contributed by atoms with Crippen LogP contribution in [0.2, 0.25) is 0 Å². The number of hydrogen-bond acceptors (Lipinski definition) is 4. The predicted molar refractivity (Wildman–Crippen MR) is 81.1 cm³/mol. The molecule has 24 heavy (non-hydrogen) atoms. The normalized spacial score (nSPS) is 18.2. The van der Waals surface area contributed by atoms with Gasteiger partial charge in [-0.05, 0) is 26.9 Å². The molecular weight excluding hydrogens is 325 g/mol. The monoisotopic (exact) mass is 348 g/mol. The summed E-state index contributed by atoms with van der Waals surface area (Å²) in [6.07, 6.45) is -1.98. The minimum absolute atomic E-state index is 0.135. The molecule has 0 aromatic carbocycles. The average molecular weight is 348 g/mol. The van der Waals surface area contributed by atoms with E-state index < -0.39 is 18.8 Å².